The number of likely N-dealkylation sites (tertiary alicyclic amines) is 1. The average Bonchev–Trinajstić information content (AvgIpc) is 3.24. The van der Waals surface area contributed by atoms with Crippen molar-refractivity contribution in [3.05, 3.63) is 54.2 Å². The SMILES string of the molecule is CN(C)C(=O)CN1CCC(Nc2cccc3c2cc(C#CCNc2ccc(S(C)(=O)=O)cc2)n3CC(F)(F)F)CC1. The standard InChI is InChI=1S/C29H34F3N5O3S/c1-35(2)28(38)19-36-16-13-22(14-17-36)34-26-7-4-8-27-25(26)18-23(37(27)20-29(30,31)32)6-5-15-33-21-9-11-24(12-10-21)41(3,39)40/h4,7-12,18,22,33-34H,13-17,19-20H2,1-3H3. The number of benzene rings is 2. The molecule has 1 aliphatic rings. The highest BCUT2D eigenvalue weighted by Crippen LogP contribution is 2.31. The second kappa shape index (κ2) is 12.4. The number of carbonyl (C=O) groups excluding carboxylic acids is 1. The summed E-state index contributed by atoms with van der Waals surface area (Å²) in [5.41, 5.74) is 2.08. The van der Waals surface area contributed by atoms with E-state index in [1.807, 2.05) is 6.07 Å². The molecule has 0 radical (unpaired) electrons. The van der Waals surface area contributed by atoms with E-state index in [0.717, 1.165) is 37.9 Å². The van der Waals surface area contributed by atoms with Gasteiger partial charge in [0.2, 0.25) is 5.91 Å². The third kappa shape index (κ3) is 8.17. The number of sulfone groups is 1. The maximum absolute atomic E-state index is 13.5. The van der Waals surface area contributed by atoms with Crippen molar-refractivity contribution in [2.24, 2.45) is 0 Å². The number of fused-ring (bicyclic) bond motifs is 1. The summed E-state index contributed by atoms with van der Waals surface area (Å²) in [5, 5.41) is 7.21. The van der Waals surface area contributed by atoms with Crippen LogP contribution in [0.1, 0.15) is 18.5 Å². The fourth-order valence-electron chi connectivity index (χ4n) is 4.75. The van der Waals surface area contributed by atoms with Crippen LogP contribution in [0.4, 0.5) is 24.5 Å². The van der Waals surface area contributed by atoms with Crippen LogP contribution in [0.5, 0.6) is 0 Å². The number of amides is 1. The molecule has 1 amide bonds. The van der Waals surface area contributed by atoms with Gasteiger partial charge in [-0.15, -0.1) is 0 Å². The van der Waals surface area contributed by atoms with Crippen LogP contribution < -0.4 is 10.6 Å². The van der Waals surface area contributed by atoms with Gasteiger partial charge in [-0.3, -0.25) is 9.69 Å². The number of piperidine rings is 1. The van der Waals surface area contributed by atoms with Gasteiger partial charge in [0.05, 0.1) is 29.2 Å². The summed E-state index contributed by atoms with van der Waals surface area (Å²) in [4.78, 5) is 15.9. The zero-order valence-electron chi connectivity index (χ0n) is 23.3. The Morgan fingerprint density at radius 3 is 2.39 bits per heavy atom. The third-order valence-electron chi connectivity index (χ3n) is 6.97. The van der Waals surface area contributed by atoms with Crippen LogP contribution in [0.25, 0.3) is 10.9 Å². The normalized spacial score (nSPS) is 14.9. The van der Waals surface area contributed by atoms with Crippen molar-refractivity contribution in [1.29, 1.82) is 0 Å². The molecule has 1 saturated heterocycles. The van der Waals surface area contributed by atoms with E-state index >= 15 is 0 Å². The number of hydrogen-bond donors (Lipinski definition) is 2. The van der Waals surface area contributed by atoms with E-state index in [1.165, 1.54) is 16.7 Å². The van der Waals surface area contributed by atoms with E-state index in [0.29, 0.717) is 23.1 Å². The summed E-state index contributed by atoms with van der Waals surface area (Å²) in [7, 11) is 0.162. The molecule has 220 valence electrons. The van der Waals surface area contributed by atoms with Crippen molar-refractivity contribution in [3.63, 3.8) is 0 Å². The fourth-order valence-corrected chi connectivity index (χ4v) is 5.38. The molecule has 1 aliphatic heterocycles. The van der Waals surface area contributed by atoms with E-state index in [4.69, 9.17) is 0 Å². The zero-order valence-corrected chi connectivity index (χ0v) is 24.1. The van der Waals surface area contributed by atoms with Gasteiger partial charge < -0.3 is 20.1 Å². The number of rotatable bonds is 8. The first-order chi connectivity index (χ1) is 19.3. The molecular formula is C29H34F3N5O3S. The number of likely N-dealkylation sites (N-methyl/N-ethyl adjacent to an activating group) is 1. The van der Waals surface area contributed by atoms with Gasteiger partial charge in [-0.2, -0.15) is 13.2 Å². The predicted octanol–water partition coefficient (Wildman–Crippen LogP) is 4.04. The molecule has 12 heteroatoms. The van der Waals surface area contributed by atoms with Crippen molar-refractivity contribution in [2.75, 3.05) is 57.2 Å². The smallest absolute Gasteiger partial charge is 0.382 e. The van der Waals surface area contributed by atoms with Crippen LogP contribution in [0.3, 0.4) is 0 Å². The Morgan fingerprint density at radius 1 is 1.10 bits per heavy atom. The largest absolute Gasteiger partial charge is 0.406 e. The quantitative estimate of drug-likeness (QED) is 0.386. The average molecular weight is 590 g/mol. The molecule has 8 nitrogen and oxygen atoms in total. The number of carbonyl (C=O) groups is 1. The van der Waals surface area contributed by atoms with E-state index in [1.54, 1.807) is 49.3 Å². The van der Waals surface area contributed by atoms with Gasteiger partial charge in [-0.1, -0.05) is 12.0 Å². The highest BCUT2D eigenvalue weighted by Gasteiger charge is 2.30. The Balaban J connectivity index is 1.49. The Bertz CT molecular complexity index is 1550. The molecular weight excluding hydrogens is 555 g/mol. The Morgan fingerprint density at radius 2 is 1.78 bits per heavy atom. The molecule has 4 rings (SSSR count). The van der Waals surface area contributed by atoms with Crippen molar-refractivity contribution >= 4 is 38.0 Å². The van der Waals surface area contributed by atoms with Gasteiger partial charge in [0.15, 0.2) is 9.84 Å². The maximum atomic E-state index is 13.5. The Kier molecular flexibility index (Phi) is 9.19. The molecule has 2 aromatic carbocycles. The lowest BCUT2D eigenvalue weighted by molar-refractivity contribution is -0.140. The second-order valence-corrected chi connectivity index (χ2v) is 12.4. The highest BCUT2D eigenvalue weighted by atomic mass is 32.2. The highest BCUT2D eigenvalue weighted by molar-refractivity contribution is 7.90. The number of nitrogens with zero attached hydrogens (tertiary/aromatic N) is 3. The van der Waals surface area contributed by atoms with Crippen molar-refractivity contribution in [1.82, 2.24) is 14.4 Å². The summed E-state index contributed by atoms with van der Waals surface area (Å²) < 4.78 is 65.0. The van der Waals surface area contributed by atoms with Crippen LogP contribution >= 0.6 is 0 Å². The number of aromatic nitrogens is 1. The first-order valence-corrected chi connectivity index (χ1v) is 15.1. The lowest BCUT2D eigenvalue weighted by Gasteiger charge is -2.33. The lowest BCUT2D eigenvalue weighted by atomic mass is 10.0. The monoisotopic (exact) mass is 589 g/mol. The predicted molar refractivity (Wildman–Crippen MR) is 155 cm³/mol. The van der Waals surface area contributed by atoms with Gasteiger partial charge in [0, 0.05) is 56.2 Å². The van der Waals surface area contributed by atoms with Gasteiger partial charge >= 0.3 is 6.18 Å². The van der Waals surface area contributed by atoms with E-state index in [-0.39, 0.29) is 29.1 Å². The molecule has 0 unspecified atom stereocenters. The van der Waals surface area contributed by atoms with Crippen molar-refractivity contribution in [2.45, 2.75) is 36.5 Å². The van der Waals surface area contributed by atoms with Gasteiger partial charge in [0.1, 0.15) is 6.54 Å². The minimum Gasteiger partial charge on any atom is -0.382 e. The minimum absolute atomic E-state index is 0.0564. The van der Waals surface area contributed by atoms with E-state index in [9.17, 15) is 26.4 Å². The first kappa shape index (κ1) is 30.3. The number of nitrogens with one attached hydrogen (secondary N) is 2. The zero-order chi connectivity index (χ0) is 29.8. The first-order valence-electron chi connectivity index (χ1n) is 13.2. The Hall–Kier alpha value is -3.69. The fraction of sp³-hybridized carbons (Fsp3) is 0.414. The molecule has 0 aliphatic carbocycles. The molecule has 2 heterocycles. The molecule has 0 bridgehead atoms. The maximum Gasteiger partial charge on any atom is 0.406 e. The molecule has 1 aromatic heterocycles. The molecule has 2 N–H and O–H groups in total. The van der Waals surface area contributed by atoms with Crippen molar-refractivity contribution in [3.8, 4) is 11.8 Å². The van der Waals surface area contributed by atoms with Crippen LogP contribution in [0.15, 0.2) is 53.4 Å². The minimum atomic E-state index is -4.43. The summed E-state index contributed by atoms with van der Waals surface area (Å²) in [6, 6.07) is 13.3. The molecule has 0 spiro atoms. The third-order valence-corrected chi connectivity index (χ3v) is 8.10. The van der Waals surface area contributed by atoms with E-state index in [2.05, 4.69) is 27.4 Å². The summed E-state index contributed by atoms with van der Waals surface area (Å²) in [5.74, 6) is 5.82. The Labute approximate surface area is 238 Å². The summed E-state index contributed by atoms with van der Waals surface area (Å²) >= 11 is 0. The van der Waals surface area contributed by atoms with Gasteiger partial charge in [-0.25, -0.2) is 8.42 Å². The molecule has 0 atom stereocenters. The molecule has 0 saturated carbocycles. The van der Waals surface area contributed by atoms with E-state index < -0.39 is 22.6 Å². The molecule has 41 heavy (non-hydrogen) atoms. The molecule has 1 fully saturated rings. The van der Waals surface area contributed by atoms with Crippen LogP contribution in [0.2, 0.25) is 0 Å². The van der Waals surface area contributed by atoms with Gasteiger partial charge in [-0.05, 0) is 61.2 Å². The number of hydrogen-bond acceptors (Lipinski definition) is 6. The topological polar surface area (TPSA) is 86.7 Å². The summed E-state index contributed by atoms with van der Waals surface area (Å²) in [6.07, 6.45) is -1.68. The number of alkyl halides is 3. The lowest BCUT2D eigenvalue weighted by Crippen LogP contribution is -2.43. The second-order valence-electron chi connectivity index (χ2n) is 10.4. The molecule has 3 aromatic rings. The van der Waals surface area contributed by atoms with Crippen LogP contribution in [-0.2, 0) is 21.2 Å². The van der Waals surface area contributed by atoms with Gasteiger partial charge in [0.25, 0.3) is 0 Å². The summed E-state index contributed by atoms with van der Waals surface area (Å²) in [6.45, 7) is 0.874. The van der Waals surface area contributed by atoms with Crippen LogP contribution in [0, 0.1) is 11.8 Å². The number of anilines is 2. The number of halogens is 3. The van der Waals surface area contributed by atoms with Crippen molar-refractivity contribution < 1.29 is 26.4 Å². The van der Waals surface area contributed by atoms with Crippen LogP contribution in [-0.4, -0.2) is 87.4 Å².